The normalized spacial score (nSPS) is 17.6. The van der Waals surface area contributed by atoms with Crippen LogP contribution in [-0.4, -0.2) is 46.7 Å². The molecule has 156 valence electrons. The fourth-order valence-corrected chi connectivity index (χ4v) is 4.84. The van der Waals surface area contributed by atoms with Gasteiger partial charge in [-0.2, -0.15) is 0 Å². The summed E-state index contributed by atoms with van der Waals surface area (Å²) in [5.74, 6) is -0.656. The Kier molecular flexibility index (Phi) is 5.92. The molecule has 0 radical (unpaired) electrons. The van der Waals surface area contributed by atoms with E-state index >= 15 is 0 Å². The van der Waals surface area contributed by atoms with E-state index in [2.05, 4.69) is 11.9 Å². The molecule has 1 atom stereocenters. The third-order valence-corrected chi connectivity index (χ3v) is 6.49. The van der Waals surface area contributed by atoms with Gasteiger partial charge in [0.2, 0.25) is 11.8 Å². The van der Waals surface area contributed by atoms with Crippen LogP contribution in [0.3, 0.4) is 0 Å². The standard InChI is InChI=1S/C22H22ClN3O3S/c1-2-11-25(13-15-9-10-18(23)30-15)19(27)12-24-21(28)20-16-5-3-4-6-17(16)22(29)26(20)14-7-8-14/h2-6,9-10,14,20H,1,7-8,11-13H2,(H,24,28). The maximum Gasteiger partial charge on any atom is 0.255 e. The minimum Gasteiger partial charge on any atom is -0.345 e. The second-order valence-electron chi connectivity index (χ2n) is 7.42. The highest BCUT2D eigenvalue weighted by Crippen LogP contribution is 2.41. The predicted octanol–water partition coefficient (Wildman–Crippen LogP) is 3.39. The Labute approximate surface area is 184 Å². The molecule has 1 saturated carbocycles. The number of hydrogen-bond donors (Lipinski definition) is 1. The third-order valence-electron chi connectivity index (χ3n) is 5.28. The van der Waals surface area contributed by atoms with Crippen molar-refractivity contribution in [2.24, 2.45) is 0 Å². The Bertz CT molecular complexity index is 1000. The van der Waals surface area contributed by atoms with Crippen LogP contribution in [0, 0.1) is 0 Å². The maximum absolute atomic E-state index is 13.0. The molecule has 1 aliphatic heterocycles. The van der Waals surface area contributed by atoms with Gasteiger partial charge in [-0.1, -0.05) is 35.9 Å². The van der Waals surface area contributed by atoms with Crippen LogP contribution in [0.5, 0.6) is 0 Å². The summed E-state index contributed by atoms with van der Waals surface area (Å²) in [5.41, 5.74) is 1.27. The van der Waals surface area contributed by atoms with Crippen molar-refractivity contribution in [1.29, 1.82) is 0 Å². The topological polar surface area (TPSA) is 69.7 Å². The van der Waals surface area contributed by atoms with Crippen molar-refractivity contribution >= 4 is 40.7 Å². The van der Waals surface area contributed by atoms with Crippen LogP contribution < -0.4 is 5.32 Å². The minimum absolute atomic E-state index is 0.0946. The largest absolute Gasteiger partial charge is 0.345 e. The lowest BCUT2D eigenvalue weighted by Crippen LogP contribution is -2.44. The summed E-state index contributed by atoms with van der Waals surface area (Å²) >= 11 is 7.39. The summed E-state index contributed by atoms with van der Waals surface area (Å²) in [5, 5.41) is 2.75. The van der Waals surface area contributed by atoms with Crippen LogP contribution in [0.25, 0.3) is 0 Å². The zero-order valence-electron chi connectivity index (χ0n) is 16.3. The molecular weight excluding hydrogens is 422 g/mol. The fourth-order valence-electron chi connectivity index (χ4n) is 3.74. The first-order chi connectivity index (χ1) is 14.5. The van der Waals surface area contributed by atoms with Gasteiger partial charge in [-0.05, 0) is 36.6 Å². The zero-order valence-corrected chi connectivity index (χ0v) is 17.9. The maximum atomic E-state index is 13.0. The van der Waals surface area contributed by atoms with Crippen molar-refractivity contribution < 1.29 is 14.4 Å². The Hall–Kier alpha value is -2.64. The van der Waals surface area contributed by atoms with Gasteiger partial charge < -0.3 is 15.1 Å². The number of benzene rings is 1. The number of halogens is 1. The lowest BCUT2D eigenvalue weighted by Gasteiger charge is -2.25. The van der Waals surface area contributed by atoms with Crippen LogP contribution in [0.1, 0.15) is 39.7 Å². The summed E-state index contributed by atoms with van der Waals surface area (Å²) < 4.78 is 0.661. The molecule has 1 N–H and O–H groups in total. The smallest absolute Gasteiger partial charge is 0.255 e. The van der Waals surface area contributed by atoms with Gasteiger partial charge in [0, 0.05) is 23.0 Å². The van der Waals surface area contributed by atoms with E-state index in [0.29, 0.717) is 28.6 Å². The molecule has 0 spiro atoms. The molecule has 1 aromatic heterocycles. The molecule has 0 saturated heterocycles. The number of rotatable bonds is 8. The second-order valence-corrected chi connectivity index (χ2v) is 9.22. The van der Waals surface area contributed by atoms with Crippen LogP contribution in [0.4, 0.5) is 0 Å². The molecule has 3 amide bonds. The molecule has 30 heavy (non-hydrogen) atoms. The fraction of sp³-hybridized carbons (Fsp3) is 0.318. The number of nitrogens with zero attached hydrogens (tertiary/aromatic N) is 2. The molecule has 1 fully saturated rings. The monoisotopic (exact) mass is 443 g/mol. The minimum atomic E-state index is -0.682. The van der Waals surface area contributed by atoms with E-state index < -0.39 is 6.04 Å². The Morgan fingerprint density at radius 1 is 1.27 bits per heavy atom. The van der Waals surface area contributed by atoms with E-state index in [1.54, 1.807) is 34.1 Å². The molecule has 2 aliphatic rings. The van der Waals surface area contributed by atoms with Crippen molar-refractivity contribution in [3.8, 4) is 0 Å². The molecule has 2 aromatic rings. The zero-order chi connectivity index (χ0) is 21.3. The number of fused-ring (bicyclic) bond motifs is 1. The molecule has 1 aliphatic carbocycles. The lowest BCUT2D eigenvalue weighted by molar-refractivity contribution is -0.134. The van der Waals surface area contributed by atoms with E-state index in [0.717, 1.165) is 17.7 Å². The highest BCUT2D eigenvalue weighted by Gasteiger charge is 2.47. The van der Waals surface area contributed by atoms with Gasteiger partial charge in [0.05, 0.1) is 17.4 Å². The summed E-state index contributed by atoms with van der Waals surface area (Å²) in [6.45, 7) is 4.33. The summed E-state index contributed by atoms with van der Waals surface area (Å²) in [6, 6.07) is 10.3. The van der Waals surface area contributed by atoms with E-state index in [1.165, 1.54) is 11.3 Å². The van der Waals surface area contributed by atoms with Gasteiger partial charge in [0.25, 0.3) is 5.91 Å². The van der Waals surface area contributed by atoms with E-state index in [1.807, 2.05) is 18.2 Å². The van der Waals surface area contributed by atoms with Crippen molar-refractivity contribution in [3.05, 3.63) is 69.4 Å². The van der Waals surface area contributed by atoms with Gasteiger partial charge in [-0.15, -0.1) is 17.9 Å². The first-order valence-electron chi connectivity index (χ1n) is 9.81. The summed E-state index contributed by atoms with van der Waals surface area (Å²) in [6.07, 6.45) is 3.45. The summed E-state index contributed by atoms with van der Waals surface area (Å²) in [4.78, 5) is 42.8. The number of thiophene rings is 1. The van der Waals surface area contributed by atoms with Crippen LogP contribution >= 0.6 is 22.9 Å². The average Bonchev–Trinajstić information content (AvgIpc) is 3.43. The molecule has 0 bridgehead atoms. The van der Waals surface area contributed by atoms with Crippen molar-refractivity contribution in [1.82, 2.24) is 15.1 Å². The molecule has 2 heterocycles. The molecule has 1 aromatic carbocycles. The lowest BCUT2D eigenvalue weighted by atomic mass is 10.0. The number of carbonyl (C=O) groups is 3. The van der Waals surface area contributed by atoms with Gasteiger partial charge in [0.15, 0.2) is 0 Å². The Balaban J connectivity index is 1.44. The van der Waals surface area contributed by atoms with Gasteiger partial charge in [-0.3, -0.25) is 14.4 Å². The number of hydrogen-bond acceptors (Lipinski definition) is 4. The molecule has 8 heteroatoms. The molecular formula is C22H22ClN3O3S. The second kappa shape index (κ2) is 8.62. The van der Waals surface area contributed by atoms with Crippen LogP contribution in [0.15, 0.2) is 49.1 Å². The first-order valence-corrected chi connectivity index (χ1v) is 11.0. The van der Waals surface area contributed by atoms with Crippen LogP contribution in [0.2, 0.25) is 4.34 Å². The molecule has 4 rings (SSSR count). The number of carbonyl (C=O) groups excluding carboxylic acids is 3. The van der Waals surface area contributed by atoms with Gasteiger partial charge >= 0.3 is 0 Å². The highest BCUT2D eigenvalue weighted by molar-refractivity contribution is 7.16. The highest BCUT2D eigenvalue weighted by atomic mass is 35.5. The quantitative estimate of drug-likeness (QED) is 0.636. The SMILES string of the molecule is C=CCN(Cc1ccc(Cl)s1)C(=O)CNC(=O)C1c2ccccc2C(=O)N1C1CC1. The Morgan fingerprint density at radius 3 is 2.70 bits per heavy atom. The van der Waals surface area contributed by atoms with E-state index in [4.69, 9.17) is 11.6 Å². The van der Waals surface area contributed by atoms with Crippen molar-refractivity contribution in [3.63, 3.8) is 0 Å². The van der Waals surface area contributed by atoms with Gasteiger partial charge in [0.1, 0.15) is 6.04 Å². The predicted molar refractivity (Wildman–Crippen MR) is 116 cm³/mol. The molecule has 6 nitrogen and oxygen atoms in total. The Morgan fingerprint density at radius 2 is 2.03 bits per heavy atom. The summed E-state index contributed by atoms with van der Waals surface area (Å²) in [7, 11) is 0. The first kappa shape index (κ1) is 20.6. The van der Waals surface area contributed by atoms with Gasteiger partial charge in [-0.25, -0.2) is 0 Å². The average molecular weight is 444 g/mol. The van der Waals surface area contributed by atoms with E-state index in [9.17, 15) is 14.4 Å². The van der Waals surface area contributed by atoms with E-state index in [-0.39, 0.29) is 30.3 Å². The number of amides is 3. The third kappa shape index (κ3) is 4.13. The molecule has 1 unspecified atom stereocenters. The van der Waals surface area contributed by atoms with Crippen LogP contribution in [-0.2, 0) is 16.1 Å². The van der Waals surface area contributed by atoms with Crippen molar-refractivity contribution in [2.75, 3.05) is 13.1 Å². The number of nitrogens with one attached hydrogen (secondary N) is 1. The van der Waals surface area contributed by atoms with Crippen molar-refractivity contribution in [2.45, 2.75) is 31.5 Å².